The molecule has 0 spiro atoms. The van der Waals surface area contributed by atoms with E-state index in [0.717, 1.165) is 19.3 Å². The van der Waals surface area contributed by atoms with Gasteiger partial charge in [0.05, 0.1) is 6.10 Å². The van der Waals surface area contributed by atoms with Crippen molar-refractivity contribution < 1.29 is 9.66 Å². The van der Waals surface area contributed by atoms with Crippen molar-refractivity contribution in [3.05, 3.63) is 10.1 Å². The predicted molar refractivity (Wildman–Crippen MR) is 44.7 cm³/mol. The molecule has 4 heteroatoms. The first-order valence-electron chi connectivity index (χ1n) is 4.44. The summed E-state index contributed by atoms with van der Waals surface area (Å²) in [5.74, 6) is 0. The number of rotatable bonds is 5. The molecule has 0 radical (unpaired) electrons. The van der Waals surface area contributed by atoms with Crippen LogP contribution in [0.4, 0.5) is 0 Å². The van der Waals surface area contributed by atoms with Crippen molar-refractivity contribution in [1.29, 1.82) is 0 Å². The van der Waals surface area contributed by atoms with Gasteiger partial charge in [-0.3, -0.25) is 10.1 Å². The Labute approximate surface area is 72.1 Å². The number of epoxide rings is 1. The normalized spacial score (nSPS) is 33.3. The molecule has 70 valence electrons. The predicted octanol–water partition coefficient (Wildman–Crippen LogP) is 1.61. The lowest BCUT2D eigenvalue weighted by Crippen LogP contribution is -2.25. The van der Waals surface area contributed by atoms with Crippen molar-refractivity contribution in [2.45, 2.75) is 44.8 Å². The van der Waals surface area contributed by atoms with Crippen molar-refractivity contribution in [1.82, 2.24) is 0 Å². The van der Waals surface area contributed by atoms with Crippen LogP contribution in [0.5, 0.6) is 0 Å². The summed E-state index contributed by atoms with van der Waals surface area (Å²) in [6.45, 7) is 4.00. The Bertz CT molecular complexity index is 183. The summed E-state index contributed by atoms with van der Waals surface area (Å²) >= 11 is 0. The van der Waals surface area contributed by atoms with E-state index in [1.54, 1.807) is 0 Å². The van der Waals surface area contributed by atoms with Crippen LogP contribution < -0.4 is 0 Å². The molecule has 2 atom stereocenters. The maximum Gasteiger partial charge on any atom is 0.235 e. The zero-order valence-electron chi connectivity index (χ0n) is 7.58. The van der Waals surface area contributed by atoms with E-state index in [1.165, 1.54) is 0 Å². The highest BCUT2D eigenvalue weighted by Gasteiger charge is 2.58. The monoisotopic (exact) mass is 173 g/mol. The Hall–Kier alpha value is -0.640. The third-order valence-electron chi connectivity index (χ3n) is 2.35. The van der Waals surface area contributed by atoms with Crippen molar-refractivity contribution in [3.8, 4) is 0 Å². The fourth-order valence-electron chi connectivity index (χ4n) is 1.78. The summed E-state index contributed by atoms with van der Waals surface area (Å²) in [6.07, 6.45) is 2.77. The molecule has 1 heterocycles. The zero-order valence-corrected chi connectivity index (χ0v) is 7.58. The van der Waals surface area contributed by atoms with E-state index in [0.29, 0.717) is 0 Å². The maximum atomic E-state index is 10.3. The lowest BCUT2D eigenvalue weighted by molar-refractivity contribution is -0.489. The smallest absolute Gasteiger partial charge is 0.235 e. The minimum absolute atomic E-state index is 0.0284. The van der Waals surface area contributed by atoms with Crippen LogP contribution >= 0.6 is 0 Å². The largest absolute Gasteiger partial charge is 0.359 e. The molecule has 1 rings (SSSR count). The average Bonchev–Trinajstić information content (AvgIpc) is 2.62. The van der Waals surface area contributed by atoms with Crippen LogP contribution in [0.15, 0.2) is 0 Å². The SMILES string of the molecule is CCCC1(C[N+](=O)[O-])OC1CC. The molecule has 0 aliphatic carbocycles. The zero-order chi connectivity index (χ0) is 9.19. The van der Waals surface area contributed by atoms with E-state index in [2.05, 4.69) is 0 Å². The van der Waals surface area contributed by atoms with Gasteiger partial charge in [-0.25, -0.2) is 0 Å². The topological polar surface area (TPSA) is 55.7 Å². The molecule has 12 heavy (non-hydrogen) atoms. The average molecular weight is 173 g/mol. The molecule has 0 aromatic rings. The summed E-state index contributed by atoms with van der Waals surface area (Å²) < 4.78 is 5.36. The Balaban J connectivity index is 2.46. The van der Waals surface area contributed by atoms with E-state index >= 15 is 0 Å². The molecule has 0 N–H and O–H groups in total. The first-order valence-corrected chi connectivity index (χ1v) is 4.44. The number of nitro groups is 1. The van der Waals surface area contributed by atoms with Crippen LogP contribution in [0.1, 0.15) is 33.1 Å². The molecule has 1 aliphatic heterocycles. The molecule has 4 nitrogen and oxygen atoms in total. The van der Waals surface area contributed by atoms with Crippen molar-refractivity contribution >= 4 is 0 Å². The van der Waals surface area contributed by atoms with E-state index in [4.69, 9.17) is 4.74 Å². The summed E-state index contributed by atoms with van der Waals surface area (Å²) in [7, 11) is 0. The van der Waals surface area contributed by atoms with Gasteiger partial charge in [0.2, 0.25) is 6.54 Å². The molecule has 0 aromatic carbocycles. The van der Waals surface area contributed by atoms with Crippen LogP contribution in [0.3, 0.4) is 0 Å². The third-order valence-corrected chi connectivity index (χ3v) is 2.35. The summed E-state index contributed by atoms with van der Waals surface area (Å²) in [4.78, 5) is 10.0. The minimum atomic E-state index is -0.410. The van der Waals surface area contributed by atoms with Gasteiger partial charge in [-0.15, -0.1) is 0 Å². The molecular formula is C8H15NO3. The van der Waals surface area contributed by atoms with Crippen LogP contribution in [0.2, 0.25) is 0 Å². The van der Waals surface area contributed by atoms with Gasteiger partial charge < -0.3 is 4.74 Å². The molecule has 0 amide bonds. The van der Waals surface area contributed by atoms with Gasteiger partial charge in [-0.1, -0.05) is 20.3 Å². The molecule has 1 aliphatic rings. The van der Waals surface area contributed by atoms with Crippen LogP contribution in [0.25, 0.3) is 0 Å². The van der Waals surface area contributed by atoms with E-state index in [1.807, 2.05) is 13.8 Å². The summed E-state index contributed by atoms with van der Waals surface area (Å²) in [6, 6.07) is 0. The molecule has 0 saturated carbocycles. The Morgan fingerprint density at radius 2 is 2.25 bits per heavy atom. The van der Waals surface area contributed by atoms with Crippen molar-refractivity contribution in [3.63, 3.8) is 0 Å². The number of hydrogen-bond acceptors (Lipinski definition) is 3. The van der Waals surface area contributed by atoms with Gasteiger partial charge in [-0.2, -0.15) is 0 Å². The standard InChI is InChI=1S/C8H15NO3/c1-3-5-8(6-9(10)11)7(4-2)12-8/h7H,3-6H2,1-2H3. The number of nitrogens with zero attached hydrogens (tertiary/aromatic N) is 1. The van der Waals surface area contributed by atoms with Gasteiger partial charge in [0.1, 0.15) is 0 Å². The lowest BCUT2D eigenvalue weighted by atomic mass is 9.98. The lowest BCUT2D eigenvalue weighted by Gasteiger charge is -2.04. The molecule has 1 saturated heterocycles. The second-order valence-electron chi connectivity index (χ2n) is 3.32. The van der Waals surface area contributed by atoms with E-state index < -0.39 is 5.60 Å². The first kappa shape index (κ1) is 9.45. The Morgan fingerprint density at radius 1 is 1.58 bits per heavy atom. The van der Waals surface area contributed by atoms with Crippen molar-refractivity contribution in [2.24, 2.45) is 0 Å². The minimum Gasteiger partial charge on any atom is -0.359 e. The van der Waals surface area contributed by atoms with Crippen LogP contribution in [0, 0.1) is 10.1 Å². The van der Waals surface area contributed by atoms with Gasteiger partial charge in [0, 0.05) is 4.92 Å². The quantitative estimate of drug-likeness (QED) is 0.360. The van der Waals surface area contributed by atoms with Gasteiger partial charge >= 0.3 is 0 Å². The number of hydrogen-bond donors (Lipinski definition) is 0. The van der Waals surface area contributed by atoms with Crippen LogP contribution in [-0.4, -0.2) is 23.2 Å². The second-order valence-corrected chi connectivity index (χ2v) is 3.32. The molecular weight excluding hydrogens is 158 g/mol. The number of ether oxygens (including phenoxy) is 1. The van der Waals surface area contributed by atoms with Crippen molar-refractivity contribution in [2.75, 3.05) is 6.54 Å². The summed E-state index contributed by atoms with van der Waals surface area (Å²) in [5.41, 5.74) is -0.410. The highest BCUT2D eigenvalue weighted by Crippen LogP contribution is 2.42. The fraction of sp³-hybridized carbons (Fsp3) is 1.00. The molecule has 2 unspecified atom stereocenters. The first-order chi connectivity index (χ1) is 5.64. The Morgan fingerprint density at radius 3 is 2.58 bits per heavy atom. The Kier molecular flexibility index (Phi) is 2.67. The molecule has 0 bridgehead atoms. The third kappa shape index (κ3) is 1.75. The van der Waals surface area contributed by atoms with Gasteiger partial charge in [-0.05, 0) is 12.8 Å². The highest BCUT2D eigenvalue weighted by atomic mass is 16.7. The fourth-order valence-corrected chi connectivity index (χ4v) is 1.78. The highest BCUT2D eigenvalue weighted by molar-refractivity contribution is 5.01. The van der Waals surface area contributed by atoms with Gasteiger partial charge in [0.15, 0.2) is 5.60 Å². The molecule has 0 aromatic heterocycles. The molecule has 1 fully saturated rings. The van der Waals surface area contributed by atoms with Gasteiger partial charge in [0.25, 0.3) is 0 Å². The maximum absolute atomic E-state index is 10.3. The van der Waals surface area contributed by atoms with Crippen LogP contribution in [-0.2, 0) is 4.74 Å². The van der Waals surface area contributed by atoms with E-state index in [-0.39, 0.29) is 17.6 Å². The second kappa shape index (κ2) is 3.39. The summed E-state index contributed by atoms with van der Waals surface area (Å²) in [5, 5.41) is 10.3. The van der Waals surface area contributed by atoms with E-state index in [9.17, 15) is 10.1 Å².